The molecule has 3 aromatic carbocycles. The predicted molar refractivity (Wildman–Crippen MR) is 117 cm³/mol. The van der Waals surface area contributed by atoms with Crippen molar-refractivity contribution < 1.29 is 22.7 Å². The van der Waals surface area contributed by atoms with E-state index >= 15 is 0 Å². The summed E-state index contributed by atoms with van der Waals surface area (Å²) in [7, 11) is -0.689. The Morgan fingerprint density at radius 1 is 0.806 bits per heavy atom. The number of esters is 1. The van der Waals surface area contributed by atoms with Crippen molar-refractivity contribution in [3.05, 3.63) is 90.0 Å². The first-order chi connectivity index (χ1) is 14.6. The summed E-state index contributed by atoms with van der Waals surface area (Å²) < 4.78 is 42.3. The molecule has 0 saturated carbocycles. The zero-order valence-electron chi connectivity index (χ0n) is 17.6. The van der Waals surface area contributed by atoms with Gasteiger partial charge in [0.15, 0.2) is 21.3 Å². The van der Waals surface area contributed by atoms with Crippen LogP contribution in [-0.4, -0.2) is 18.8 Å². The molecule has 0 aliphatic carbocycles. The summed E-state index contributed by atoms with van der Waals surface area (Å²) in [5.74, 6) is -0.979. The molecule has 1 atom stereocenters. The lowest BCUT2D eigenvalue weighted by Crippen LogP contribution is -2.21. The molecule has 0 aromatic heterocycles. The monoisotopic (exact) mass is 445 g/mol. The lowest BCUT2D eigenvalue weighted by molar-refractivity contribution is -0.161. The minimum Gasteiger partial charge on any atom is -0.452 e. The normalized spacial score (nSPS) is 13.0. The lowest BCUT2D eigenvalue weighted by Gasteiger charge is -2.19. The molecule has 0 fully saturated rings. The largest absolute Gasteiger partial charge is 0.452 e. The Bertz CT molecular complexity index is 1020. The van der Waals surface area contributed by atoms with Gasteiger partial charge in [-0.25, -0.2) is 4.79 Å². The van der Waals surface area contributed by atoms with Gasteiger partial charge in [0.1, 0.15) is 16.5 Å². The van der Waals surface area contributed by atoms with E-state index in [2.05, 4.69) is 37.6 Å². The smallest absolute Gasteiger partial charge is 0.422 e. The van der Waals surface area contributed by atoms with Crippen LogP contribution < -0.4 is 0 Å². The van der Waals surface area contributed by atoms with E-state index in [1.54, 1.807) is 18.2 Å². The Kier molecular flexibility index (Phi) is 6.80. The van der Waals surface area contributed by atoms with Crippen molar-refractivity contribution in [3.8, 4) is 0 Å². The van der Waals surface area contributed by atoms with Crippen molar-refractivity contribution in [2.45, 2.75) is 47.0 Å². The molecule has 1 unspecified atom stereocenters. The van der Waals surface area contributed by atoms with E-state index in [-0.39, 0.29) is 11.0 Å². The molecule has 0 bridgehead atoms. The number of benzene rings is 3. The quantitative estimate of drug-likeness (QED) is 0.319. The van der Waals surface area contributed by atoms with Crippen LogP contribution in [-0.2, 0) is 21.0 Å². The van der Waals surface area contributed by atoms with Crippen molar-refractivity contribution in [2.24, 2.45) is 0 Å². The van der Waals surface area contributed by atoms with Crippen molar-refractivity contribution in [1.29, 1.82) is 0 Å². The molecule has 2 nitrogen and oxygen atoms in total. The van der Waals surface area contributed by atoms with E-state index in [4.69, 9.17) is 0 Å². The minimum atomic E-state index is -4.57. The SMILES string of the molecule is CC(C)(C)c1ccc([S+](c2ccccc2)c2ccccc2C(=O)OCC(F)(F)F)cc1. The Morgan fingerprint density at radius 2 is 1.35 bits per heavy atom. The number of halogens is 3. The zero-order valence-corrected chi connectivity index (χ0v) is 18.4. The van der Waals surface area contributed by atoms with E-state index < -0.39 is 29.6 Å². The number of rotatable bonds is 5. The second-order valence-electron chi connectivity index (χ2n) is 8.08. The van der Waals surface area contributed by atoms with Gasteiger partial charge in [-0.15, -0.1) is 0 Å². The van der Waals surface area contributed by atoms with Gasteiger partial charge in [-0.05, 0) is 47.4 Å². The summed E-state index contributed by atoms with van der Waals surface area (Å²) in [6.45, 7) is 4.78. The molecule has 0 aliphatic heterocycles. The molecule has 0 aliphatic rings. The number of carbonyl (C=O) groups excluding carboxylic acids is 1. The summed E-state index contributed by atoms with van der Waals surface area (Å²) in [6.07, 6.45) is -4.57. The second kappa shape index (κ2) is 9.18. The van der Waals surface area contributed by atoms with Gasteiger partial charge in [-0.2, -0.15) is 13.2 Å². The van der Waals surface area contributed by atoms with E-state index in [0.29, 0.717) is 4.90 Å². The third-order valence-corrected chi connectivity index (χ3v) is 6.91. The van der Waals surface area contributed by atoms with Gasteiger partial charge in [0.25, 0.3) is 0 Å². The number of carbonyl (C=O) groups is 1. The van der Waals surface area contributed by atoms with Crippen LogP contribution in [0.2, 0.25) is 0 Å². The van der Waals surface area contributed by atoms with Crippen LogP contribution in [0.5, 0.6) is 0 Å². The summed E-state index contributed by atoms with van der Waals surface area (Å²) in [5, 5.41) is 0. The first-order valence-corrected chi connectivity index (χ1v) is 11.0. The standard InChI is InChI=1S/C25H24F3O2S/c1-24(2,3)18-13-15-20(16-14-18)31(19-9-5-4-6-10-19)22-12-8-7-11-21(22)23(29)30-17-25(26,27)28/h4-16H,17H2,1-3H3/q+1. The van der Waals surface area contributed by atoms with Gasteiger partial charge in [0, 0.05) is 0 Å². The average molecular weight is 446 g/mol. The summed E-state index contributed by atoms with van der Waals surface area (Å²) in [4.78, 5) is 15.1. The fraction of sp³-hybridized carbons (Fsp3) is 0.240. The van der Waals surface area contributed by atoms with Gasteiger partial charge >= 0.3 is 12.1 Å². The molecule has 0 saturated heterocycles. The first-order valence-electron chi connectivity index (χ1n) is 9.79. The maximum absolute atomic E-state index is 12.6. The van der Waals surface area contributed by atoms with Crippen LogP contribution in [0, 0.1) is 0 Å². The van der Waals surface area contributed by atoms with E-state index in [1.165, 1.54) is 11.6 Å². The van der Waals surface area contributed by atoms with Crippen LogP contribution >= 0.6 is 0 Å². The van der Waals surface area contributed by atoms with E-state index in [1.807, 2.05) is 42.5 Å². The van der Waals surface area contributed by atoms with E-state index in [9.17, 15) is 18.0 Å². The van der Waals surface area contributed by atoms with Crippen LogP contribution in [0.25, 0.3) is 0 Å². The van der Waals surface area contributed by atoms with Crippen molar-refractivity contribution >= 4 is 16.9 Å². The van der Waals surface area contributed by atoms with E-state index in [0.717, 1.165) is 9.79 Å². The van der Waals surface area contributed by atoms with Crippen LogP contribution in [0.15, 0.2) is 93.5 Å². The maximum Gasteiger partial charge on any atom is 0.422 e. The number of alkyl halides is 3. The second-order valence-corrected chi connectivity index (χ2v) is 10.1. The number of hydrogen-bond donors (Lipinski definition) is 0. The van der Waals surface area contributed by atoms with Crippen molar-refractivity contribution in [1.82, 2.24) is 0 Å². The predicted octanol–water partition coefficient (Wildman–Crippen LogP) is 6.80. The molecule has 0 N–H and O–H groups in total. The van der Waals surface area contributed by atoms with Gasteiger partial charge in [-0.3, -0.25) is 0 Å². The highest BCUT2D eigenvalue weighted by Crippen LogP contribution is 2.35. The number of ether oxygens (including phenoxy) is 1. The van der Waals surface area contributed by atoms with Gasteiger partial charge < -0.3 is 4.74 Å². The maximum atomic E-state index is 12.6. The highest BCUT2D eigenvalue weighted by Gasteiger charge is 2.35. The summed E-state index contributed by atoms with van der Waals surface area (Å²) in [6, 6.07) is 24.5. The molecule has 0 spiro atoms. The molecule has 0 heterocycles. The number of hydrogen-bond acceptors (Lipinski definition) is 2. The minimum absolute atomic E-state index is 0.0107. The third-order valence-electron chi connectivity index (χ3n) is 4.63. The van der Waals surface area contributed by atoms with Gasteiger partial charge in [-0.1, -0.05) is 63.2 Å². The fourth-order valence-corrected chi connectivity index (χ4v) is 5.28. The highest BCUT2D eigenvalue weighted by molar-refractivity contribution is 7.97. The molecule has 31 heavy (non-hydrogen) atoms. The summed E-state index contributed by atoms with van der Waals surface area (Å²) >= 11 is 0. The molecule has 3 aromatic rings. The Balaban J connectivity index is 2.07. The Hall–Kier alpha value is -2.73. The van der Waals surface area contributed by atoms with Crippen molar-refractivity contribution in [3.63, 3.8) is 0 Å². The van der Waals surface area contributed by atoms with Crippen molar-refractivity contribution in [2.75, 3.05) is 6.61 Å². The molecule has 0 amide bonds. The molecule has 3 rings (SSSR count). The van der Waals surface area contributed by atoms with Crippen LogP contribution in [0.4, 0.5) is 13.2 Å². The van der Waals surface area contributed by atoms with Crippen LogP contribution in [0.3, 0.4) is 0 Å². The topological polar surface area (TPSA) is 26.3 Å². The fourth-order valence-electron chi connectivity index (χ4n) is 3.08. The molecule has 0 radical (unpaired) electrons. The zero-order chi connectivity index (χ0) is 22.6. The average Bonchev–Trinajstić information content (AvgIpc) is 2.73. The first kappa shape index (κ1) is 22.9. The molecular formula is C25H24F3O2S+. The molecular weight excluding hydrogens is 421 g/mol. The Morgan fingerprint density at radius 3 is 1.94 bits per heavy atom. The molecule has 6 heteroatoms. The van der Waals surface area contributed by atoms with Gasteiger partial charge in [0.2, 0.25) is 0 Å². The summed E-state index contributed by atoms with van der Waals surface area (Å²) in [5.41, 5.74) is 1.30. The van der Waals surface area contributed by atoms with Gasteiger partial charge in [0.05, 0.1) is 0 Å². The molecule has 162 valence electrons. The Labute approximate surface area is 183 Å². The lowest BCUT2D eigenvalue weighted by atomic mass is 9.87. The highest BCUT2D eigenvalue weighted by atomic mass is 32.2. The van der Waals surface area contributed by atoms with Crippen LogP contribution in [0.1, 0.15) is 36.7 Å². The third kappa shape index (κ3) is 5.91.